The van der Waals surface area contributed by atoms with Crippen LogP contribution in [-0.4, -0.2) is 10.2 Å². The lowest BCUT2D eigenvalue weighted by Crippen LogP contribution is -2.16. The standard InChI is InChI=1S/C14H12FN3O/c1-8-9(2)14(19)18-17-12(8)6-10-4-3-5-11(7-16)13(10)15/h3-5H,6H2,1-2H3,(H,18,19). The van der Waals surface area contributed by atoms with Crippen molar-refractivity contribution in [3.8, 4) is 6.07 Å². The zero-order valence-corrected chi connectivity index (χ0v) is 10.6. The average molecular weight is 257 g/mol. The summed E-state index contributed by atoms with van der Waals surface area (Å²) in [5.41, 5.74) is 2.07. The molecule has 0 aliphatic heterocycles. The van der Waals surface area contributed by atoms with Crippen LogP contribution < -0.4 is 5.56 Å². The Balaban J connectivity index is 2.46. The number of nitrogens with one attached hydrogen (secondary N) is 1. The summed E-state index contributed by atoms with van der Waals surface area (Å²) in [6, 6.07) is 6.47. The van der Waals surface area contributed by atoms with Crippen molar-refractivity contribution in [2.45, 2.75) is 20.3 Å². The van der Waals surface area contributed by atoms with Crippen molar-refractivity contribution < 1.29 is 4.39 Å². The number of hydrogen-bond acceptors (Lipinski definition) is 3. The van der Waals surface area contributed by atoms with Gasteiger partial charge < -0.3 is 0 Å². The first-order valence-corrected chi connectivity index (χ1v) is 5.77. The SMILES string of the molecule is Cc1c(Cc2cccc(C#N)c2F)n[nH]c(=O)c1C. The fourth-order valence-corrected chi connectivity index (χ4v) is 1.83. The molecule has 0 aliphatic carbocycles. The molecule has 0 saturated carbocycles. The number of nitrogens with zero attached hydrogens (tertiary/aromatic N) is 2. The Kier molecular flexibility index (Phi) is 3.43. The van der Waals surface area contributed by atoms with E-state index in [2.05, 4.69) is 10.2 Å². The fourth-order valence-electron chi connectivity index (χ4n) is 1.83. The van der Waals surface area contributed by atoms with Gasteiger partial charge in [-0.05, 0) is 31.0 Å². The highest BCUT2D eigenvalue weighted by Gasteiger charge is 2.12. The van der Waals surface area contributed by atoms with E-state index in [-0.39, 0.29) is 17.5 Å². The number of rotatable bonds is 2. The second-order valence-electron chi connectivity index (χ2n) is 4.32. The van der Waals surface area contributed by atoms with Crippen molar-refractivity contribution in [3.05, 3.63) is 62.3 Å². The molecule has 1 aromatic carbocycles. The molecule has 1 aromatic heterocycles. The average Bonchev–Trinajstić information content (AvgIpc) is 2.41. The number of aromatic amines is 1. The Labute approximate surface area is 109 Å². The molecule has 0 unspecified atom stereocenters. The minimum atomic E-state index is -0.532. The van der Waals surface area contributed by atoms with Crippen LogP contribution in [0.4, 0.5) is 4.39 Å². The van der Waals surface area contributed by atoms with Crippen LogP contribution in [0.1, 0.15) is 27.9 Å². The van der Waals surface area contributed by atoms with Crippen molar-refractivity contribution in [2.24, 2.45) is 0 Å². The van der Waals surface area contributed by atoms with Crippen LogP contribution >= 0.6 is 0 Å². The molecule has 0 amide bonds. The molecule has 19 heavy (non-hydrogen) atoms. The number of hydrogen-bond donors (Lipinski definition) is 1. The molecule has 0 radical (unpaired) electrons. The normalized spacial score (nSPS) is 10.2. The third-order valence-corrected chi connectivity index (χ3v) is 3.19. The quantitative estimate of drug-likeness (QED) is 0.894. The third kappa shape index (κ3) is 2.38. The van der Waals surface area contributed by atoms with Gasteiger partial charge in [0.15, 0.2) is 0 Å². The second-order valence-corrected chi connectivity index (χ2v) is 4.32. The largest absolute Gasteiger partial charge is 0.268 e. The summed E-state index contributed by atoms with van der Waals surface area (Å²) < 4.78 is 13.9. The lowest BCUT2D eigenvalue weighted by molar-refractivity contribution is 0.608. The molecule has 0 saturated heterocycles. The van der Waals surface area contributed by atoms with Crippen LogP contribution in [0, 0.1) is 31.0 Å². The smallest absolute Gasteiger partial charge is 0.267 e. The minimum Gasteiger partial charge on any atom is -0.268 e. The molecule has 2 aromatic rings. The van der Waals surface area contributed by atoms with Gasteiger partial charge in [-0.1, -0.05) is 12.1 Å². The highest BCUT2D eigenvalue weighted by atomic mass is 19.1. The number of aromatic nitrogens is 2. The molecule has 5 heteroatoms. The monoisotopic (exact) mass is 257 g/mol. The topological polar surface area (TPSA) is 69.5 Å². The van der Waals surface area contributed by atoms with Crippen LogP contribution in [0.2, 0.25) is 0 Å². The van der Waals surface area contributed by atoms with E-state index in [9.17, 15) is 9.18 Å². The molecular formula is C14H12FN3O. The predicted octanol–water partition coefficient (Wildman–Crippen LogP) is 1.99. The van der Waals surface area contributed by atoms with Gasteiger partial charge >= 0.3 is 0 Å². The van der Waals surface area contributed by atoms with Crippen LogP contribution in [-0.2, 0) is 6.42 Å². The summed E-state index contributed by atoms with van der Waals surface area (Å²) >= 11 is 0. The van der Waals surface area contributed by atoms with Gasteiger partial charge in [-0.2, -0.15) is 10.4 Å². The first-order valence-electron chi connectivity index (χ1n) is 5.77. The van der Waals surface area contributed by atoms with Crippen LogP contribution in [0.25, 0.3) is 0 Å². The zero-order chi connectivity index (χ0) is 14.0. The van der Waals surface area contributed by atoms with Gasteiger partial charge in [-0.25, -0.2) is 9.49 Å². The fraction of sp³-hybridized carbons (Fsp3) is 0.214. The van der Waals surface area contributed by atoms with E-state index in [0.717, 1.165) is 5.56 Å². The highest BCUT2D eigenvalue weighted by Crippen LogP contribution is 2.17. The molecule has 1 N–H and O–H groups in total. The van der Waals surface area contributed by atoms with Gasteiger partial charge in [0.25, 0.3) is 5.56 Å². The molecule has 4 nitrogen and oxygen atoms in total. The molecule has 96 valence electrons. The first-order chi connectivity index (χ1) is 9.04. The van der Waals surface area contributed by atoms with Crippen molar-refractivity contribution >= 4 is 0 Å². The minimum absolute atomic E-state index is 0.0105. The molecule has 0 bridgehead atoms. The second kappa shape index (κ2) is 5.02. The lowest BCUT2D eigenvalue weighted by atomic mass is 10.0. The van der Waals surface area contributed by atoms with E-state index in [1.807, 2.05) is 0 Å². The first kappa shape index (κ1) is 13.0. The van der Waals surface area contributed by atoms with Crippen molar-refractivity contribution in [1.29, 1.82) is 5.26 Å². The number of H-pyrrole nitrogens is 1. The van der Waals surface area contributed by atoms with Gasteiger partial charge in [0, 0.05) is 12.0 Å². The molecule has 0 atom stereocenters. The maximum absolute atomic E-state index is 13.9. The Hall–Kier alpha value is -2.48. The Morgan fingerprint density at radius 2 is 2.11 bits per heavy atom. The molecule has 0 fully saturated rings. The number of halogens is 1. The van der Waals surface area contributed by atoms with Gasteiger partial charge in [-0.15, -0.1) is 0 Å². The van der Waals surface area contributed by atoms with E-state index >= 15 is 0 Å². The van der Waals surface area contributed by atoms with Crippen molar-refractivity contribution in [3.63, 3.8) is 0 Å². The third-order valence-electron chi connectivity index (χ3n) is 3.19. The van der Waals surface area contributed by atoms with E-state index in [1.54, 1.807) is 32.0 Å². The Morgan fingerprint density at radius 1 is 1.37 bits per heavy atom. The zero-order valence-electron chi connectivity index (χ0n) is 10.6. The van der Waals surface area contributed by atoms with E-state index in [0.29, 0.717) is 16.8 Å². The lowest BCUT2D eigenvalue weighted by Gasteiger charge is -2.08. The van der Waals surface area contributed by atoms with E-state index < -0.39 is 5.82 Å². The summed E-state index contributed by atoms with van der Waals surface area (Å²) in [5.74, 6) is -0.532. The highest BCUT2D eigenvalue weighted by molar-refractivity contribution is 5.38. The number of nitriles is 1. The Morgan fingerprint density at radius 3 is 2.79 bits per heavy atom. The summed E-state index contributed by atoms with van der Waals surface area (Å²) in [7, 11) is 0. The summed E-state index contributed by atoms with van der Waals surface area (Å²) in [6.07, 6.45) is 0.241. The van der Waals surface area contributed by atoms with Gasteiger partial charge in [0.05, 0.1) is 11.3 Å². The van der Waals surface area contributed by atoms with Crippen molar-refractivity contribution in [1.82, 2.24) is 10.2 Å². The molecule has 1 heterocycles. The number of benzene rings is 1. The van der Waals surface area contributed by atoms with Crippen LogP contribution in [0.15, 0.2) is 23.0 Å². The summed E-state index contributed by atoms with van der Waals surface area (Å²) in [4.78, 5) is 11.4. The van der Waals surface area contributed by atoms with Gasteiger partial charge in [0.2, 0.25) is 0 Å². The maximum Gasteiger partial charge on any atom is 0.267 e. The maximum atomic E-state index is 13.9. The molecule has 2 rings (SSSR count). The van der Waals surface area contributed by atoms with Crippen molar-refractivity contribution in [2.75, 3.05) is 0 Å². The molecule has 0 aliphatic rings. The molecular weight excluding hydrogens is 245 g/mol. The van der Waals surface area contributed by atoms with Crippen LogP contribution in [0.3, 0.4) is 0 Å². The predicted molar refractivity (Wildman–Crippen MR) is 68.3 cm³/mol. The van der Waals surface area contributed by atoms with Gasteiger partial charge in [0.1, 0.15) is 11.9 Å². The Bertz CT molecular complexity index is 728. The van der Waals surface area contributed by atoms with E-state index in [1.165, 1.54) is 6.07 Å². The molecule has 0 spiro atoms. The summed E-state index contributed by atoms with van der Waals surface area (Å²) in [6.45, 7) is 3.47. The summed E-state index contributed by atoms with van der Waals surface area (Å²) in [5, 5.41) is 15.1. The van der Waals surface area contributed by atoms with Crippen LogP contribution in [0.5, 0.6) is 0 Å². The van der Waals surface area contributed by atoms with E-state index in [4.69, 9.17) is 5.26 Å². The van der Waals surface area contributed by atoms with Gasteiger partial charge in [-0.3, -0.25) is 4.79 Å².